The lowest BCUT2D eigenvalue weighted by Gasteiger charge is -2.31. The van der Waals surface area contributed by atoms with Crippen molar-refractivity contribution >= 4 is 64.0 Å². The fraction of sp³-hybridized carbons (Fsp3) is 0.167. The summed E-state index contributed by atoms with van der Waals surface area (Å²) in [6.45, 7) is 3.66. The molecule has 0 radical (unpaired) electrons. The van der Waals surface area contributed by atoms with Crippen LogP contribution in [0.1, 0.15) is 11.1 Å². The van der Waals surface area contributed by atoms with Gasteiger partial charge in [0.15, 0.2) is 0 Å². The average molecular weight is 471 g/mol. The lowest BCUT2D eigenvalue weighted by atomic mass is 10.0. The van der Waals surface area contributed by atoms with Crippen LogP contribution in [-0.2, 0) is 21.7 Å². The molecule has 27 heavy (non-hydrogen) atoms. The van der Waals surface area contributed by atoms with Crippen molar-refractivity contribution in [3.8, 4) is 5.75 Å². The first-order valence-corrected chi connectivity index (χ1v) is 9.27. The van der Waals surface area contributed by atoms with Crippen LogP contribution in [0.15, 0.2) is 36.9 Å². The molecule has 0 saturated carbocycles. The first-order valence-electron chi connectivity index (χ1n) is 7.38. The van der Waals surface area contributed by atoms with Gasteiger partial charge in [0.05, 0.1) is 30.7 Å². The summed E-state index contributed by atoms with van der Waals surface area (Å²) in [5.74, 6) is -3.73. The molecule has 9 heteroatoms. The molecule has 4 nitrogen and oxygen atoms in total. The van der Waals surface area contributed by atoms with Gasteiger partial charge in [-0.15, -0.1) is 6.58 Å². The van der Waals surface area contributed by atoms with Crippen molar-refractivity contribution in [3.05, 3.63) is 73.2 Å². The molecule has 0 saturated heterocycles. The van der Waals surface area contributed by atoms with Gasteiger partial charge in [0.25, 0.3) is 0 Å². The van der Waals surface area contributed by atoms with Crippen LogP contribution in [0.25, 0.3) is 0 Å². The Kier molecular flexibility index (Phi) is 7.31. The minimum absolute atomic E-state index is 0.110. The largest absolute Gasteiger partial charge is 0.476 e. The zero-order chi connectivity index (χ0) is 20.4. The fourth-order valence-electron chi connectivity index (χ4n) is 2.35. The lowest BCUT2D eigenvalue weighted by molar-refractivity contribution is -0.208. The topological polar surface area (TPSA) is 55.8 Å². The lowest BCUT2D eigenvalue weighted by Crippen LogP contribution is -2.44. The molecule has 144 valence electrons. The normalized spacial score (nSPS) is 13.1. The van der Waals surface area contributed by atoms with Crippen molar-refractivity contribution in [1.82, 2.24) is 0 Å². The standard InChI is InChI=1S/C18H13Cl5O4/c1-3-4-9-5-7-10(8-6-9)27-18(26-2,17(24)25)11-12(19)14(21)16(23)15(22)13(11)20/h3,5-8H,1,4H2,2H3,(H,24,25). The summed E-state index contributed by atoms with van der Waals surface area (Å²) in [6.07, 6.45) is 2.39. The summed E-state index contributed by atoms with van der Waals surface area (Å²) in [7, 11) is 1.13. The van der Waals surface area contributed by atoms with E-state index < -0.39 is 11.8 Å². The van der Waals surface area contributed by atoms with Gasteiger partial charge in [0.2, 0.25) is 0 Å². The Bertz CT molecular complexity index is 853. The summed E-state index contributed by atoms with van der Waals surface area (Å²) in [4.78, 5) is 12.1. The number of carbonyl (C=O) groups is 1. The number of hydrogen-bond donors (Lipinski definition) is 1. The average Bonchev–Trinajstić information content (AvgIpc) is 2.65. The van der Waals surface area contributed by atoms with Crippen LogP contribution in [0.3, 0.4) is 0 Å². The van der Waals surface area contributed by atoms with E-state index in [2.05, 4.69) is 6.58 Å². The van der Waals surface area contributed by atoms with E-state index in [9.17, 15) is 9.90 Å². The van der Waals surface area contributed by atoms with Crippen LogP contribution in [0.4, 0.5) is 0 Å². The highest BCUT2D eigenvalue weighted by Crippen LogP contribution is 2.49. The number of allylic oxidation sites excluding steroid dienone is 1. The van der Waals surface area contributed by atoms with Crippen LogP contribution in [-0.4, -0.2) is 18.2 Å². The van der Waals surface area contributed by atoms with E-state index in [4.69, 9.17) is 67.5 Å². The number of aliphatic carboxylic acids is 1. The SMILES string of the molecule is C=CCc1ccc(OC(OC)(C(=O)O)c2c(Cl)c(Cl)c(Cl)c(Cl)c2Cl)cc1. The molecule has 0 spiro atoms. The number of hydrogen-bond acceptors (Lipinski definition) is 3. The Morgan fingerprint density at radius 1 is 1.04 bits per heavy atom. The minimum Gasteiger partial charge on any atom is -0.476 e. The molecule has 0 bridgehead atoms. The Balaban J connectivity index is 2.65. The predicted molar refractivity (Wildman–Crippen MR) is 109 cm³/mol. The van der Waals surface area contributed by atoms with Crippen molar-refractivity contribution in [1.29, 1.82) is 0 Å². The summed E-state index contributed by atoms with van der Waals surface area (Å²) in [5, 5.41) is 8.93. The third kappa shape index (κ3) is 4.16. The molecular formula is C18H13Cl5O4. The second-order valence-electron chi connectivity index (χ2n) is 5.31. The number of benzene rings is 2. The second-order valence-corrected chi connectivity index (χ2v) is 7.20. The van der Waals surface area contributed by atoms with Gasteiger partial charge < -0.3 is 14.6 Å². The summed E-state index contributed by atoms with van der Waals surface area (Å²) in [5.41, 5.74) is 0.694. The molecule has 2 aromatic carbocycles. The Morgan fingerprint density at radius 2 is 1.52 bits per heavy atom. The van der Waals surface area contributed by atoms with E-state index in [1.807, 2.05) is 0 Å². The maximum atomic E-state index is 12.1. The van der Waals surface area contributed by atoms with Crippen molar-refractivity contribution < 1.29 is 19.4 Å². The van der Waals surface area contributed by atoms with Gasteiger partial charge in [0.1, 0.15) is 5.75 Å². The summed E-state index contributed by atoms with van der Waals surface area (Å²) < 4.78 is 10.9. The quantitative estimate of drug-likeness (QED) is 0.213. The molecule has 2 rings (SSSR count). The first-order chi connectivity index (χ1) is 12.7. The van der Waals surface area contributed by atoms with E-state index in [1.165, 1.54) is 0 Å². The van der Waals surface area contributed by atoms with E-state index in [0.29, 0.717) is 6.42 Å². The highest BCUT2D eigenvalue weighted by molar-refractivity contribution is 6.55. The number of rotatable bonds is 7. The van der Waals surface area contributed by atoms with Crippen LogP contribution in [0, 0.1) is 0 Å². The van der Waals surface area contributed by atoms with Crippen molar-refractivity contribution in [2.24, 2.45) is 0 Å². The highest BCUT2D eigenvalue weighted by Gasteiger charge is 2.49. The maximum Gasteiger partial charge on any atom is 0.382 e. The van der Waals surface area contributed by atoms with Crippen LogP contribution < -0.4 is 4.74 Å². The zero-order valence-corrected chi connectivity index (χ0v) is 17.6. The van der Waals surface area contributed by atoms with Gasteiger partial charge in [-0.25, -0.2) is 4.79 Å². The number of methoxy groups -OCH3 is 1. The van der Waals surface area contributed by atoms with E-state index in [0.717, 1.165) is 12.7 Å². The molecule has 1 atom stereocenters. The van der Waals surface area contributed by atoms with Crippen molar-refractivity contribution in [3.63, 3.8) is 0 Å². The fourth-order valence-corrected chi connectivity index (χ4v) is 3.74. The van der Waals surface area contributed by atoms with Crippen molar-refractivity contribution in [2.45, 2.75) is 12.2 Å². The molecule has 0 fully saturated rings. The number of ether oxygens (including phenoxy) is 2. The highest BCUT2D eigenvalue weighted by atomic mass is 35.5. The van der Waals surface area contributed by atoms with E-state index in [1.54, 1.807) is 30.3 Å². The van der Waals surface area contributed by atoms with E-state index >= 15 is 0 Å². The molecule has 1 N–H and O–H groups in total. The van der Waals surface area contributed by atoms with E-state index in [-0.39, 0.29) is 36.4 Å². The van der Waals surface area contributed by atoms with Crippen LogP contribution >= 0.6 is 58.0 Å². The predicted octanol–water partition coefficient (Wildman–Crippen LogP) is 6.64. The summed E-state index contributed by atoms with van der Waals surface area (Å²) >= 11 is 30.5. The van der Waals surface area contributed by atoms with Crippen molar-refractivity contribution in [2.75, 3.05) is 7.11 Å². The van der Waals surface area contributed by atoms with Gasteiger partial charge >= 0.3 is 11.8 Å². The molecule has 0 aromatic heterocycles. The molecular weight excluding hydrogens is 457 g/mol. The smallest absolute Gasteiger partial charge is 0.382 e. The summed E-state index contributed by atoms with van der Waals surface area (Å²) in [6, 6.07) is 6.67. The van der Waals surface area contributed by atoms with Crippen LogP contribution in [0.5, 0.6) is 5.75 Å². The number of carboxylic acids is 1. The molecule has 0 amide bonds. The molecule has 0 aliphatic heterocycles. The Hall–Kier alpha value is -1.14. The third-order valence-corrected chi connectivity index (χ3v) is 5.95. The monoisotopic (exact) mass is 468 g/mol. The van der Waals surface area contributed by atoms with Gasteiger partial charge in [-0.3, -0.25) is 0 Å². The molecule has 0 aliphatic rings. The maximum absolute atomic E-state index is 12.1. The van der Waals surface area contributed by atoms with Gasteiger partial charge in [0, 0.05) is 7.11 Å². The number of carboxylic acid groups (broad SMARTS) is 1. The molecule has 2 aromatic rings. The molecule has 1 unspecified atom stereocenters. The third-order valence-electron chi connectivity index (χ3n) is 3.67. The minimum atomic E-state index is -2.41. The Labute approximate surface area is 181 Å². The first kappa shape index (κ1) is 22.2. The molecule has 0 heterocycles. The van der Waals surface area contributed by atoms with Crippen LogP contribution in [0.2, 0.25) is 25.1 Å². The number of halogens is 5. The molecule has 0 aliphatic carbocycles. The Morgan fingerprint density at radius 3 is 1.93 bits per heavy atom. The van der Waals surface area contributed by atoms with Gasteiger partial charge in [-0.2, -0.15) is 0 Å². The second kappa shape index (κ2) is 8.91. The van der Waals surface area contributed by atoms with Gasteiger partial charge in [-0.05, 0) is 24.1 Å². The van der Waals surface area contributed by atoms with Gasteiger partial charge in [-0.1, -0.05) is 76.2 Å². The zero-order valence-electron chi connectivity index (χ0n) is 13.9.